The van der Waals surface area contributed by atoms with Gasteiger partial charge in [0.2, 0.25) is 0 Å². The lowest BCUT2D eigenvalue weighted by atomic mass is 10.2. The molecule has 1 aliphatic rings. The van der Waals surface area contributed by atoms with Crippen LogP contribution in [0, 0.1) is 0 Å². The van der Waals surface area contributed by atoms with E-state index in [1.165, 1.54) is 12.8 Å². The number of esters is 1. The number of anilines is 3. The van der Waals surface area contributed by atoms with Crippen molar-refractivity contribution in [2.24, 2.45) is 0 Å². The molecule has 0 amide bonds. The summed E-state index contributed by atoms with van der Waals surface area (Å²) in [6.07, 6.45) is 3.30. The van der Waals surface area contributed by atoms with E-state index in [1.807, 2.05) is 24.3 Å². The van der Waals surface area contributed by atoms with E-state index in [2.05, 4.69) is 42.2 Å². The zero-order valence-electron chi connectivity index (χ0n) is 15.7. The summed E-state index contributed by atoms with van der Waals surface area (Å²) in [4.78, 5) is 28.8. The number of ether oxygens (including phenoxy) is 1. The van der Waals surface area contributed by atoms with Crippen molar-refractivity contribution in [2.75, 3.05) is 50.1 Å². The Balaban J connectivity index is 1.36. The molecule has 1 aromatic carbocycles. The number of nitrogens with one attached hydrogen (secondary N) is 1. The lowest BCUT2D eigenvalue weighted by molar-refractivity contribution is -0.142. The highest BCUT2D eigenvalue weighted by molar-refractivity contribution is 5.73. The Morgan fingerprint density at radius 2 is 1.79 bits per heavy atom. The molecule has 1 saturated heterocycles. The minimum absolute atomic E-state index is 0.183. The molecule has 0 aliphatic carbocycles. The first kappa shape index (κ1) is 18.1. The summed E-state index contributed by atoms with van der Waals surface area (Å²) in [6.45, 7) is 3.81. The van der Waals surface area contributed by atoms with Gasteiger partial charge in [0.15, 0.2) is 5.65 Å². The highest BCUT2D eigenvalue weighted by Gasteiger charge is 2.19. The number of hydrogen-bond donors (Lipinski definition) is 1. The molecule has 144 valence electrons. The summed E-state index contributed by atoms with van der Waals surface area (Å²) < 4.78 is 4.74. The minimum Gasteiger partial charge on any atom is -0.468 e. The highest BCUT2D eigenvalue weighted by atomic mass is 16.5. The molecule has 0 bridgehead atoms. The summed E-state index contributed by atoms with van der Waals surface area (Å²) in [5.41, 5.74) is 3.52. The fourth-order valence-corrected chi connectivity index (χ4v) is 3.24. The second kappa shape index (κ2) is 8.18. The quantitative estimate of drug-likeness (QED) is 0.676. The van der Waals surface area contributed by atoms with Crippen molar-refractivity contribution < 1.29 is 9.53 Å². The molecule has 1 aliphatic heterocycles. The third kappa shape index (κ3) is 4.17. The van der Waals surface area contributed by atoms with Crippen LogP contribution < -0.4 is 10.2 Å². The van der Waals surface area contributed by atoms with Gasteiger partial charge in [-0.2, -0.15) is 0 Å². The molecule has 8 nitrogen and oxygen atoms in total. The fourth-order valence-electron chi connectivity index (χ4n) is 3.24. The Morgan fingerprint density at radius 3 is 2.54 bits per heavy atom. The van der Waals surface area contributed by atoms with Gasteiger partial charge in [-0.1, -0.05) is 0 Å². The fraction of sp³-hybridized carbons (Fsp3) is 0.300. The number of hydrogen-bond acceptors (Lipinski definition) is 8. The van der Waals surface area contributed by atoms with E-state index in [4.69, 9.17) is 4.74 Å². The van der Waals surface area contributed by atoms with Crippen LogP contribution in [-0.2, 0) is 9.53 Å². The number of nitrogens with zero attached hydrogens (tertiary/aromatic N) is 5. The van der Waals surface area contributed by atoms with Gasteiger partial charge in [-0.3, -0.25) is 14.7 Å². The molecule has 1 N–H and O–H groups in total. The van der Waals surface area contributed by atoms with Crippen LogP contribution in [0.15, 0.2) is 48.8 Å². The Morgan fingerprint density at radius 1 is 1.04 bits per heavy atom. The van der Waals surface area contributed by atoms with E-state index in [1.54, 1.807) is 12.4 Å². The summed E-state index contributed by atoms with van der Waals surface area (Å²) in [6, 6.07) is 12.1. The first-order chi connectivity index (χ1) is 13.7. The van der Waals surface area contributed by atoms with Crippen LogP contribution in [0.4, 0.5) is 17.2 Å². The molecule has 0 radical (unpaired) electrons. The lowest BCUT2D eigenvalue weighted by Crippen LogP contribution is -2.48. The molecule has 0 spiro atoms. The Bertz CT molecular complexity index is 954. The van der Waals surface area contributed by atoms with Crippen LogP contribution >= 0.6 is 0 Å². The number of piperazine rings is 1. The maximum atomic E-state index is 11.4. The van der Waals surface area contributed by atoms with Crippen LogP contribution in [0.2, 0.25) is 0 Å². The number of rotatable bonds is 5. The molecule has 1 fully saturated rings. The lowest BCUT2D eigenvalue weighted by Gasteiger charge is -2.35. The Hall–Kier alpha value is -3.26. The average Bonchev–Trinajstić information content (AvgIpc) is 2.75. The van der Waals surface area contributed by atoms with Gasteiger partial charge < -0.3 is 15.0 Å². The molecular formula is C20H22N6O2. The Labute approximate surface area is 163 Å². The van der Waals surface area contributed by atoms with Crippen molar-refractivity contribution in [2.45, 2.75) is 0 Å². The number of pyridine rings is 1. The van der Waals surface area contributed by atoms with Crippen LogP contribution in [0.3, 0.4) is 0 Å². The third-order valence-electron chi connectivity index (χ3n) is 4.79. The van der Waals surface area contributed by atoms with Crippen LogP contribution in [-0.4, -0.2) is 65.7 Å². The van der Waals surface area contributed by atoms with Gasteiger partial charge in [-0.25, -0.2) is 9.97 Å². The average molecular weight is 378 g/mol. The van der Waals surface area contributed by atoms with Crippen LogP contribution in [0.1, 0.15) is 0 Å². The van der Waals surface area contributed by atoms with Gasteiger partial charge in [0, 0.05) is 49.9 Å². The summed E-state index contributed by atoms with van der Waals surface area (Å²) in [7, 11) is 1.43. The SMILES string of the molecule is COC(=O)CN1CCN(c2ccc(Nc3ccc4nccnc4n3)cc2)CC1. The van der Waals surface area contributed by atoms with E-state index < -0.39 is 0 Å². The molecule has 3 aromatic rings. The molecule has 8 heteroatoms. The Kier molecular flexibility index (Phi) is 5.29. The standard InChI is InChI=1S/C20H22N6O2/c1-28-19(27)14-25-10-12-26(13-11-25)16-4-2-15(3-5-16)23-18-7-6-17-20(24-18)22-9-8-21-17/h2-9H,10-14H2,1H3,(H,22,23,24). The maximum absolute atomic E-state index is 11.4. The smallest absolute Gasteiger partial charge is 0.319 e. The minimum atomic E-state index is -0.183. The molecule has 0 atom stereocenters. The van der Waals surface area contributed by atoms with Gasteiger partial charge in [0.25, 0.3) is 0 Å². The predicted octanol–water partition coefficient (Wildman–Crippen LogP) is 2.06. The number of benzene rings is 1. The van der Waals surface area contributed by atoms with Crippen molar-refractivity contribution >= 4 is 34.3 Å². The van der Waals surface area contributed by atoms with E-state index in [9.17, 15) is 4.79 Å². The summed E-state index contributed by atoms with van der Waals surface area (Å²) >= 11 is 0. The van der Waals surface area contributed by atoms with Gasteiger partial charge in [0.1, 0.15) is 11.3 Å². The van der Waals surface area contributed by atoms with Gasteiger partial charge in [-0.05, 0) is 36.4 Å². The molecular weight excluding hydrogens is 356 g/mol. The molecule has 3 heterocycles. The topological polar surface area (TPSA) is 83.5 Å². The first-order valence-corrected chi connectivity index (χ1v) is 9.20. The number of methoxy groups -OCH3 is 1. The van der Waals surface area contributed by atoms with Gasteiger partial charge in [0.05, 0.1) is 13.7 Å². The van der Waals surface area contributed by atoms with E-state index in [-0.39, 0.29) is 5.97 Å². The molecule has 4 rings (SSSR count). The molecule has 0 saturated carbocycles. The zero-order valence-corrected chi connectivity index (χ0v) is 15.7. The second-order valence-corrected chi connectivity index (χ2v) is 6.61. The van der Waals surface area contributed by atoms with Crippen molar-refractivity contribution in [1.82, 2.24) is 19.9 Å². The van der Waals surface area contributed by atoms with Crippen molar-refractivity contribution in [3.63, 3.8) is 0 Å². The monoisotopic (exact) mass is 378 g/mol. The number of carbonyl (C=O) groups excluding carboxylic acids is 1. The van der Waals surface area contributed by atoms with Gasteiger partial charge in [-0.15, -0.1) is 0 Å². The van der Waals surface area contributed by atoms with Crippen molar-refractivity contribution in [1.29, 1.82) is 0 Å². The number of fused-ring (bicyclic) bond motifs is 1. The normalized spacial score (nSPS) is 14.8. The number of carbonyl (C=O) groups is 1. The maximum Gasteiger partial charge on any atom is 0.319 e. The van der Waals surface area contributed by atoms with E-state index in [0.717, 1.165) is 43.2 Å². The molecule has 28 heavy (non-hydrogen) atoms. The van der Waals surface area contributed by atoms with Crippen molar-refractivity contribution in [3.05, 3.63) is 48.8 Å². The van der Waals surface area contributed by atoms with Gasteiger partial charge >= 0.3 is 5.97 Å². The number of aromatic nitrogens is 3. The van der Waals surface area contributed by atoms with Crippen molar-refractivity contribution in [3.8, 4) is 0 Å². The zero-order chi connectivity index (χ0) is 19.3. The molecule has 2 aromatic heterocycles. The van der Waals surface area contributed by atoms with Crippen LogP contribution in [0.25, 0.3) is 11.2 Å². The molecule has 0 unspecified atom stereocenters. The van der Waals surface area contributed by atoms with E-state index in [0.29, 0.717) is 12.2 Å². The largest absolute Gasteiger partial charge is 0.468 e. The highest BCUT2D eigenvalue weighted by Crippen LogP contribution is 2.22. The summed E-state index contributed by atoms with van der Waals surface area (Å²) in [5, 5.41) is 3.30. The second-order valence-electron chi connectivity index (χ2n) is 6.61. The van der Waals surface area contributed by atoms with E-state index >= 15 is 0 Å². The first-order valence-electron chi connectivity index (χ1n) is 9.20. The predicted molar refractivity (Wildman–Crippen MR) is 108 cm³/mol. The van der Waals surface area contributed by atoms with Crippen LogP contribution in [0.5, 0.6) is 0 Å². The summed E-state index contributed by atoms with van der Waals surface area (Å²) in [5.74, 6) is 0.550. The third-order valence-corrected chi connectivity index (χ3v) is 4.79.